The summed E-state index contributed by atoms with van der Waals surface area (Å²) in [7, 11) is -4.14. The van der Waals surface area contributed by atoms with Crippen molar-refractivity contribution in [2.45, 2.75) is 11.8 Å². The van der Waals surface area contributed by atoms with Gasteiger partial charge in [0.1, 0.15) is 4.90 Å². The minimum Gasteiger partial charge on any atom is -0.613 e. The number of rotatable bonds is 4. The van der Waals surface area contributed by atoms with E-state index in [1.54, 1.807) is 19.1 Å². The first-order valence-electron chi connectivity index (χ1n) is 6.55. The number of ether oxygens (including phenoxy) is 1. The smallest absolute Gasteiger partial charge is 0.284 e. The predicted molar refractivity (Wildman–Crippen MR) is 88.0 cm³/mol. The van der Waals surface area contributed by atoms with Crippen molar-refractivity contribution in [3.05, 3.63) is 64.1 Å². The third-order valence-electron chi connectivity index (χ3n) is 2.81. The van der Waals surface area contributed by atoms with Gasteiger partial charge in [0.25, 0.3) is 10.0 Å². The number of hydrogen-bond acceptors (Lipinski definition) is 4. The van der Waals surface area contributed by atoms with E-state index in [2.05, 4.69) is 4.40 Å². The van der Waals surface area contributed by atoms with E-state index in [1.807, 2.05) is 0 Å². The Hall–Kier alpha value is -1.76. The zero-order chi connectivity index (χ0) is 17.0. The van der Waals surface area contributed by atoms with Gasteiger partial charge >= 0.3 is 0 Å². The van der Waals surface area contributed by atoms with Crippen molar-refractivity contribution >= 4 is 38.9 Å². The molecule has 2 rings (SSSR count). The van der Waals surface area contributed by atoms with E-state index >= 15 is 0 Å². The van der Waals surface area contributed by atoms with E-state index in [9.17, 15) is 13.5 Å². The van der Waals surface area contributed by atoms with Gasteiger partial charge in [-0.05, 0) is 24.8 Å². The molecule has 0 N–H and O–H groups in total. The molecular weight excluding hydrogens is 361 g/mol. The maximum Gasteiger partial charge on any atom is 0.284 e. The molecule has 0 heterocycles. The Kier molecular flexibility index (Phi) is 5.51. The second kappa shape index (κ2) is 7.21. The molecule has 0 aliphatic heterocycles. The number of sulfonamides is 1. The summed E-state index contributed by atoms with van der Waals surface area (Å²) in [6, 6.07) is 4.21. The third kappa shape index (κ3) is 3.96. The van der Waals surface area contributed by atoms with E-state index in [0.717, 1.165) is 0 Å². The van der Waals surface area contributed by atoms with Crippen molar-refractivity contribution < 1.29 is 18.3 Å². The van der Waals surface area contributed by atoms with E-state index in [4.69, 9.17) is 27.9 Å². The fourth-order valence-corrected chi connectivity index (χ4v) is 3.55. The Morgan fingerprint density at radius 2 is 1.96 bits per heavy atom. The van der Waals surface area contributed by atoms with Crippen LogP contribution in [0.25, 0.3) is 0 Å². The zero-order valence-electron chi connectivity index (χ0n) is 12.0. The lowest BCUT2D eigenvalue weighted by atomic mass is 10.1. The molecule has 1 aromatic rings. The van der Waals surface area contributed by atoms with Crippen LogP contribution in [0.5, 0.6) is 0 Å². The Morgan fingerprint density at radius 1 is 1.26 bits per heavy atom. The van der Waals surface area contributed by atoms with Crippen LogP contribution < -0.4 is 5.11 Å². The number of halogens is 2. The second-order valence-corrected chi connectivity index (χ2v) is 6.71. The maximum absolute atomic E-state index is 12.4. The Balaban J connectivity index is 2.54. The molecular formula is C15H12Cl2NO4S-. The van der Waals surface area contributed by atoms with Gasteiger partial charge in [-0.15, -0.1) is 0 Å². The lowest BCUT2D eigenvalue weighted by molar-refractivity contribution is -0.357. The van der Waals surface area contributed by atoms with Crippen LogP contribution in [0.3, 0.4) is 0 Å². The van der Waals surface area contributed by atoms with Gasteiger partial charge in [0.2, 0.25) is 0 Å². The highest BCUT2D eigenvalue weighted by Crippen LogP contribution is 2.30. The normalized spacial score (nSPS) is 18.3. The van der Waals surface area contributed by atoms with Gasteiger partial charge in [-0.2, -0.15) is 12.8 Å². The molecule has 122 valence electrons. The Bertz CT molecular complexity index is 839. The van der Waals surface area contributed by atoms with Crippen LogP contribution in [-0.2, 0) is 14.8 Å². The molecule has 1 aliphatic rings. The van der Waals surface area contributed by atoms with Gasteiger partial charge in [0, 0.05) is 5.57 Å². The van der Waals surface area contributed by atoms with Gasteiger partial charge in [-0.3, -0.25) is 0 Å². The average Bonchev–Trinajstić information content (AvgIpc) is 2.50. The molecule has 0 unspecified atom stereocenters. The van der Waals surface area contributed by atoms with E-state index < -0.39 is 16.0 Å². The molecule has 5 nitrogen and oxygen atoms in total. The van der Waals surface area contributed by atoms with Crippen LogP contribution in [0, 0.1) is 0 Å². The van der Waals surface area contributed by atoms with Crippen LogP contribution in [-0.4, -0.2) is 20.7 Å². The lowest BCUT2D eigenvalue weighted by Crippen LogP contribution is -2.17. The highest BCUT2D eigenvalue weighted by molar-refractivity contribution is 7.90. The third-order valence-corrected chi connectivity index (χ3v) is 5.08. The number of hydrogen-bond donors (Lipinski definition) is 0. The summed E-state index contributed by atoms with van der Waals surface area (Å²) in [6.45, 7) is 1.82. The molecule has 0 atom stereocenters. The summed E-state index contributed by atoms with van der Waals surface area (Å²) in [5.74, 6) is -0.653. The Labute approximate surface area is 144 Å². The fourth-order valence-electron chi connectivity index (χ4n) is 1.80. The molecule has 0 spiro atoms. The molecule has 0 saturated carbocycles. The Morgan fingerprint density at radius 3 is 2.65 bits per heavy atom. The number of allylic oxidation sites excluding steroid dienone is 5. The molecule has 0 radical (unpaired) electrons. The van der Waals surface area contributed by atoms with Crippen LogP contribution in [0.4, 0.5) is 0 Å². The minimum atomic E-state index is -4.14. The summed E-state index contributed by atoms with van der Waals surface area (Å²) in [6.07, 6.45) is 6.00. The second-order valence-electron chi connectivity index (χ2n) is 4.36. The zero-order valence-corrected chi connectivity index (χ0v) is 14.3. The van der Waals surface area contributed by atoms with Crippen LogP contribution in [0.1, 0.15) is 6.92 Å². The summed E-state index contributed by atoms with van der Waals surface area (Å²) >= 11 is 11.8. The molecule has 8 heteroatoms. The maximum atomic E-state index is 12.4. The highest BCUT2D eigenvalue weighted by Gasteiger charge is 2.20. The van der Waals surface area contributed by atoms with Crippen molar-refractivity contribution in [2.24, 2.45) is 4.40 Å². The SMILES string of the molecule is CCOC([O-])=C1C=CC=CC1=NS(=O)(=O)c1cccc(Cl)c1Cl. The largest absolute Gasteiger partial charge is 0.613 e. The first-order valence-corrected chi connectivity index (χ1v) is 8.74. The number of benzene rings is 1. The van der Waals surface area contributed by atoms with E-state index in [1.165, 1.54) is 30.4 Å². The first-order chi connectivity index (χ1) is 10.9. The van der Waals surface area contributed by atoms with Gasteiger partial charge in [-0.25, -0.2) is 0 Å². The lowest BCUT2D eigenvalue weighted by Gasteiger charge is -2.18. The van der Waals surface area contributed by atoms with Crippen LogP contribution >= 0.6 is 23.2 Å². The average molecular weight is 373 g/mol. The van der Waals surface area contributed by atoms with Crippen molar-refractivity contribution in [2.75, 3.05) is 6.61 Å². The van der Waals surface area contributed by atoms with Crippen molar-refractivity contribution in [3.8, 4) is 0 Å². The quantitative estimate of drug-likeness (QED) is 0.761. The molecule has 0 amide bonds. The van der Waals surface area contributed by atoms with Crippen molar-refractivity contribution in [1.29, 1.82) is 0 Å². The molecule has 0 fully saturated rings. The van der Waals surface area contributed by atoms with E-state index in [0.29, 0.717) is 0 Å². The van der Waals surface area contributed by atoms with Gasteiger partial charge < -0.3 is 9.84 Å². The van der Waals surface area contributed by atoms with Crippen LogP contribution in [0.15, 0.2) is 63.3 Å². The molecule has 0 bridgehead atoms. The predicted octanol–water partition coefficient (Wildman–Crippen LogP) is 2.86. The standard InChI is InChI=1S/C15H13Cl2NO4S/c1-2-22-15(19)10-6-3-4-8-12(10)18-23(20,21)13-9-5-7-11(16)14(13)17/h3-9,19H,2H2,1H3/p-1. The van der Waals surface area contributed by atoms with E-state index in [-0.39, 0.29) is 32.8 Å². The topological polar surface area (TPSA) is 78.8 Å². The summed E-state index contributed by atoms with van der Waals surface area (Å²) in [5.41, 5.74) is 0.0260. The summed E-state index contributed by atoms with van der Waals surface area (Å²) < 4.78 is 33.5. The van der Waals surface area contributed by atoms with Gasteiger partial charge in [0.05, 0.1) is 21.7 Å². The van der Waals surface area contributed by atoms with Crippen LogP contribution in [0.2, 0.25) is 10.0 Å². The summed E-state index contributed by atoms with van der Waals surface area (Å²) in [5, 5.41) is 11.9. The first kappa shape index (κ1) is 17.6. The summed E-state index contributed by atoms with van der Waals surface area (Å²) in [4.78, 5) is -0.231. The van der Waals surface area contributed by atoms with Crippen molar-refractivity contribution in [1.82, 2.24) is 0 Å². The number of nitrogens with zero attached hydrogens (tertiary/aromatic N) is 1. The minimum absolute atomic E-state index is 0.0259. The molecule has 1 aliphatic carbocycles. The van der Waals surface area contributed by atoms with Crippen molar-refractivity contribution in [3.63, 3.8) is 0 Å². The molecule has 0 saturated heterocycles. The highest BCUT2D eigenvalue weighted by atomic mass is 35.5. The molecule has 23 heavy (non-hydrogen) atoms. The van der Waals surface area contributed by atoms with Gasteiger partial charge in [-0.1, -0.05) is 54.4 Å². The molecule has 0 aromatic heterocycles. The fraction of sp³-hybridized carbons (Fsp3) is 0.133. The molecule has 1 aromatic carbocycles. The van der Waals surface area contributed by atoms with Gasteiger partial charge in [0.15, 0.2) is 0 Å². The monoisotopic (exact) mass is 372 g/mol.